The zero-order chi connectivity index (χ0) is 18.0. The van der Waals surface area contributed by atoms with Crippen LogP contribution in [0, 0.1) is 0 Å². The van der Waals surface area contributed by atoms with E-state index in [0.717, 1.165) is 45.1 Å². The Labute approximate surface area is 156 Å². The Morgan fingerprint density at radius 1 is 1.04 bits per heavy atom. The fourth-order valence-corrected chi connectivity index (χ4v) is 4.97. The van der Waals surface area contributed by atoms with Gasteiger partial charge in [0.2, 0.25) is 5.91 Å². The fraction of sp³-hybridized carbons (Fsp3) is 0.478. The number of amides is 1. The first-order valence-electron chi connectivity index (χ1n) is 10.0. The Morgan fingerprint density at radius 3 is 2.54 bits per heavy atom. The molecule has 2 fully saturated rings. The standard InChI is InChI=1S/C23H29N2O/c1-24-16-9-10-19(18-24)21-13-5-8-17-25(21)22(26)23(14-6-7-15-23)20-11-3-2-4-12-20/h2-4,9-12,16,18,21H,5-8,13-15,17H2,1H3/q+1/t21-/m0/s1. The predicted octanol–water partition coefficient (Wildman–Crippen LogP) is 4.08. The lowest BCUT2D eigenvalue weighted by atomic mass is 9.76. The van der Waals surface area contributed by atoms with E-state index >= 15 is 0 Å². The van der Waals surface area contributed by atoms with Crippen LogP contribution in [-0.4, -0.2) is 17.4 Å². The molecule has 0 unspecified atom stereocenters. The van der Waals surface area contributed by atoms with Crippen molar-refractivity contribution in [3.63, 3.8) is 0 Å². The molecule has 2 aromatic rings. The number of carbonyl (C=O) groups excluding carboxylic acids is 1. The van der Waals surface area contributed by atoms with Gasteiger partial charge < -0.3 is 4.90 Å². The van der Waals surface area contributed by atoms with Crippen LogP contribution in [0.15, 0.2) is 54.9 Å². The van der Waals surface area contributed by atoms with Crippen molar-refractivity contribution in [2.45, 2.75) is 56.4 Å². The highest BCUT2D eigenvalue weighted by atomic mass is 16.2. The van der Waals surface area contributed by atoms with E-state index in [1.807, 2.05) is 6.07 Å². The normalized spacial score (nSPS) is 22.3. The molecule has 0 spiro atoms. The molecule has 136 valence electrons. The van der Waals surface area contributed by atoms with Crippen LogP contribution in [0.25, 0.3) is 0 Å². The van der Waals surface area contributed by atoms with E-state index in [-0.39, 0.29) is 11.5 Å². The maximum atomic E-state index is 13.9. The Kier molecular flexibility index (Phi) is 4.80. The van der Waals surface area contributed by atoms with E-state index in [1.165, 1.54) is 17.5 Å². The van der Waals surface area contributed by atoms with Crippen LogP contribution in [0.2, 0.25) is 0 Å². The molecule has 1 saturated carbocycles. The molecule has 1 aliphatic heterocycles. The lowest BCUT2D eigenvalue weighted by Crippen LogP contribution is -2.49. The molecule has 4 rings (SSSR count). The smallest absolute Gasteiger partial charge is 0.233 e. The van der Waals surface area contributed by atoms with Crippen molar-refractivity contribution >= 4 is 5.91 Å². The number of carbonyl (C=O) groups is 1. The highest BCUT2D eigenvalue weighted by molar-refractivity contribution is 5.89. The van der Waals surface area contributed by atoms with E-state index in [2.05, 4.69) is 65.3 Å². The second kappa shape index (κ2) is 7.22. The molecular formula is C23H29N2O+. The van der Waals surface area contributed by atoms with Gasteiger partial charge in [-0.2, -0.15) is 0 Å². The minimum Gasteiger partial charge on any atom is -0.335 e. The molecule has 0 N–H and O–H groups in total. The van der Waals surface area contributed by atoms with Crippen molar-refractivity contribution in [3.05, 3.63) is 66.0 Å². The third-order valence-electron chi connectivity index (χ3n) is 6.30. The topological polar surface area (TPSA) is 24.2 Å². The molecule has 1 aliphatic carbocycles. The molecule has 3 nitrogen and oxygen atoms in total. The van der Waals surface area contributed by atoms with Gasteiger partial charge in [-0.25, -0.2) is 4.57 Å². The summed E-state index contributed by atoms with van der Waals surface area (Å²) in [5.41, 5.74) is 2.17. The van der Waals surface area contributed by atoms with Gasteiger partial charge in [-0.1, -0.05) is 43.2 Å². The third-order valence-corrected chi connectivity index (χ3v) is 6.30. The molecule has 3 heteroatoms. The van der Waals surface area contributed by atoms with Crippen LogP contribution in [-0.2, 0) is 17.3 Å². The van der Waals surface area contributed by atoms with Gasteiger partial charge in [0.15, 0.2) is 12.4 Å². The second-order valence-electron chi connectivity index (χ2n) is 7.97. The third kappa shape index (κ3) is 3.04. The average molecular weight is 349 g/mol. The number of benzene rings is 1. The summed E-state index contributed by atoms with van der Waals surface area (Å²) in [6.45, 7) is 0.886. The largest absolute Gasteiger partial charge is 0.335 e. The predicted molar refractivity (Wildman–Crippen MR) is 103 cm³/mol. The quantitative estimate of drug-likeness (QED) is 0.766. The lowest BCUT2D eigenvalue weighted by molar-refractivity contribution is -0.672. The first kappa shape index (κ1) is 17.3. The van der Waals surface area contributed by atoms with Crippen molar-refractivity contribution < 1.29 is 9.36 Å². The van der Waals surface area contributed by atoms with Crippen LogP contribution >= 0.6 is 0 Å². The summed E-state index contributed by atoms with van der Waals surface area (Å²) in [6.07, 6.45) is 11.9. The number of nitrogens with zero attached hydrogens (tertiary/aromatic N) is 2. The number of likely N-dealkylation sites (tertiary alicyclic amines) is 1. The lowest BCUT2D eigenvalue weighted by Gasteiger charge is -2.41. The molecule has 1 aromatic heterocycles. The van der Waals surface area contributed by atoms with E-state index < -0.39 is 0 Å². The van der Waals surface area contributed by atoms with Gasteiger partial charge >= 0.3 is 0 Å². The highest BCUT2D eigenvalue weighted by Crippen LogP contribution is 2.45. The molecule has 1 amide bonds. The summed E-state index contributed by atoms with van der Waals surface area (Å²) in [4.78, 5) is 16.1. The zero-order valence-corrected chi connectivity index (χ0v) is 15.7. The number of piperidine rings is 1. The highest BCUT2D eigenvalue weighted by Gasteiger charge is 2.46. The van der Waals surface area contributed by atoms with Gasteiger partial charge in [-0.15, -0.1) is 0 Å². The Balaban J connectivity index is 1.70. The zero-order valence-electron chi connectivity index (χ0n) is 15.7. The number of pyridine rings is 1. The van der Waals surface area contributed by atoms with Gasteiger partial charge in [0.25, 0.3) is 0 Å². The van der Waals surface area contributed by atoms with Gasteiger partial charge in [-0.3, -0.25) is 4.79 Å². The molecule has 1 atom stereocenters. The number of rotatable bonds is 3. The van der Waals surface area contributed by atoms with Crippen molar-refractivity contribution in [2.24, 2.45) is 7.05 Å². The number of aromatic nitrogens is 1. The maximum Gasteiger partial charge on any atom is 0.233 e. The summed E-state index contributed by atoms with van der Waals surface area (Å²) in [6, 6.07) is 15.0. The minimum absolute atomic E-state index is 0.213. The van der Waals surface area contributed by atoms with Crippen molar-refractivity contribution in [1.82, 2.24) is 4.90 Å². The summed E-state index contributed by atoms with van der Waals surface area (Å²) in [5, 5.41) is 0. The van der Waals surface area contributed by atoms with Crippen molar-refractivity contribution in [3.8, 4) is 0 Å². The average Bonchev–Trinajstić information content (AvgIpc) is 3.19. The maximum absolute atomic E-state index is 13.9. The summed E-state index contributed by atoms with van der Waals surface area (Å²) in [5.74, 6) is 0.359. The van der Waals surface area contributed by atoms with E-state index in [0.29, 0.717) is 5.91 Å². The molecule has 26 heavy (non-hydrogen) atoms. The van der Waals surface area contributed by atoms with E-state index in [4.69, 9.17) is 0 Å². The molecule has 1 saturated heterocycles. The molecular weight excluding hydrogens is 320 g/mol. The Bertz CT molecular complexity index is 765. The molecule has 2 aliphatic rings. The first-order valence-corrected chi connectivity index (χ1v) is 10.0. The Hall–Kier alpha value is -2.16. The number of hydrogen-bond donors (Lipinski definition) is 0. The van der Waals surface area contributed by atoms with Crippen LogP contribution in [0.3, 0.4) is 0 Å². The van der Waals surface area contributed by atoms with E-state index in [9.17, 15) is 4.79 Å². The SMILES string of the molecule is C[n+]1cccc([C@@H]2CCCCN2C(=O)C2(c3ccccc3)CCCC2)c1. The number of aryl methyl sites for hydroxylation is 1. The van der Waals surface area contributed by atoms with Crippen LogP contribution < -0.4 is 4.57 Å². The van der Waals surface area contributed by atoms with Gasteiger partial charge in [0.05, 0.1) is 11.5 Å². The van der Waals surface area contributed by atoms with Crippen LogP contribution in [0.5, 0.6) is 0 Å². The number of hydrogen-bond acceptors (Lipinski definition) is 1. The van der Waals surface area contributed by atoms with E-state index in [1.54, 1.807) is 0 Å². The van der Waals surface area contributed by atoms with Crippen molar-refractivity contribution in [1.29, 1.82) is 0 Å². The molecule has 1 aromatic carbocycles. The van der Waals surface area contributed by atoms with Crippen molar-refractivity contribution in [2.75, 3.05) is 6.54 Å². The monoisotopic (exact) mass is 349 g/mol. The van der Waals surface area contributed by atoms with Gasteiger partial charge in [0.1, 0.15) is 7.05 Å². The van der Waals surface area contributed by atoms with Gasteiger partial charge in [0, 0.05) is 18.2 Å². The summed E-state index contributed by atoms with van der Waals surface area (Å²) >= 11 is 0. The fourth-order valence-electron chi connectivity index (χ4n) is 4.97. The molecule has 2 heterocycles. The van der Waals surface area contributed by atoms with Crippen LogP contribution in [0.1, 0.15) is 62.1 Å². The summed E-state index contributed by atoms with van der Waals surface area (Å²) < 4.78 is 2.09. The Morgan fingerprint density at radius 2 is 1.81 bits per heavy atom. The molecule has 0 radical (unpaired) electrons. The second-order valence-corrected chi connectivity index (χ2v) is 7.97. The van der Waals surface area contributed by atoms with Gasteiger partial charge in [-0.05, 0) is 43.7 Å². The minimum atomic E-state index is -0.312. The summed E-state index contributed by atoms with van der Waals surface area (Å²) in [7, 11) is 2.06. The molecule has 0 bridgehead atoms. The first-order chi connectivity index (χ1) is 12.7. The van der Waals surface area contributed by atoms with Crippen LogP contribution in [0.4, 0.5) is 0 Å².